The first kappa shape index (κ1) is 16.7. The molecule has 0 radical (unpaired) electrons. The zero-order valence-corrected chi connectivity index (χ0v) is 13.7. The van der Waals surface area contributed by atoms with Crippen molar-refractivity contribution in [3.63, 3.8) is 0 Å². The Morgan fingerprint density at radius 2 is 1.68 bits per heavy atom. The maximum Gasteiger partial charge on any atom is 0.240 e. The molecular weight excluding hydrogens is 296 g/mol. The lowest BCUT2D eigenvalue weighted by Gasteiger charge is -2.14. The van der Waals surface area contributed by atoms with E-state index in [1.807, 2.05) is 50.2 Å². The molecule has 0 aliphatic heterocycles. The lowest BCUT2D eigenvalue weighted by molar-refractivity contribution is 0.536. The van der Waals surface area contributed by atoms with Gasteiger partial charge in [-0.3, -0.25) is 0 Å². The topological polar surface area (TPSA) is 58.2 Å². The summed E-state index contributed by atoms with van der Waals surface area (Å²) in [5.74, 6) is 0. The van der Waals surface area contributed by atoms with Gasteiger partial charge in [-0.15, -0.1) is 0 Å². The summed E-state index contributed by atoms with van der Waals surface area (Å²) in [4.78, 5) is 0.289. The van der Waals surface area contributed by atoms with Crippen molar-refractivity contribution < 1.29 is 8.42 Å². The Morgan fingerprint density at radius 1 is 1.00 bits per heavy atom. The van der Waals surface area contributed by atoms with Gasteiger partial charge in [0.25, 0.3) is 0 Å². The van der Waals surface area contributed by atoms with Gasteiger partial charge < -0.3 is 5.32 Å². The molecule has 0 bridgehead atoms. The highest BCUT2D eigenvalue weighted by Gasteiger charge is 2.15. The molecule has 0 aliphatic rings. The van der Waals surface area contributed by atoms with Crippen LogP contribution in [-0.4, -0.2) is 27.5 Å². The molecule has 5 heteroatoms. The maximum atomic E-state index is 12.4. The van der Waals surface area contributed by atoms with Crippen LogP contribution in [0, 0.1) is 0 Å². The molecule has 0 spiro atoms. The van der Waals surface area contributed by atoms with Crippen LogP contribution >= 0.6 is 0 Å². The molecule has 22 heavy (non-hydrogen) atoms. The van der Waals surface area contributed by atoms with Crippen molar-refractivity contribution >= 4 is 10.0 Å². The Hall–Kier alpha value is -1.69. The molecule has 0 amide bonds. The van der Waals surface area contributed by atoms with E-state index in [0.29, 0.717) is 6.54 Å². The van der Waals surface area contributed by atoms with E-state index in [4.69, 9.17) is 0 Å². The highest BCUT2D eigenvalue weighted by molar-refractivity contribution is 7.89. The molecule has 2 aromatic rings. The Bertz CT molecular complexity index is 700. The summed E-state index contributed by atoms with van der Waals surface area (Å²) < 4.78 is 27.4. The Balaban J connectivity index is 2.18. The third kappa shape index (κ3) is 4.40. The first-order valence-corrected chi connectivity index (χ1v) is 8.90. The third-order valence-electron chi connectivity index (χ3n) is 3.38. The van der Waals surface area contributed by atoms with Crippen molar-refractivity contribution in [2.75, 3.05) is 13.1 Å². The second-order valence-electron chi connectivity index (χ2n) is 5.20. The smallest absolute Gasteiger partial charge is 0.240 e. The van der Waals surface area contributed by atoms with Gasteiger partial charge >= 0.3 is 0 Å². The van der Waals surface area contributed by atoms with Crippen LogP contribution in [0.5, 0.6) is 0 Å². The zero-order valence-electron chi connectivity index (χ0n) is 12.9. The van der Waals surface area contributed by atoms with Crippen LogP contribution in [-0.2, 0) is 10.0 Å². The van der Waals surface area contributed by atoms with Crippen molar-refractivity contribution in [3.05, 3.63) is 54.6 Å². The van der Waals surface area contributed by atoms with E-state index in [1.54, 1.807) is 18.2 Å². The molecule has 0 unspecified atom stereocenters. The van der Waals surface area contributed by atoms with Gasteiger partial charge in [0.15, 0.2) is 0 Å². The summed E-state index contributed by atoms with van der Waals surface area (Å²) in [6.07, 6.45) is 0. The van der Waals surface area contributed by atoms with Gasteiger partial charge in [0, 0.05) is 12.6 Å². The fourth-order valence-electron chi connectivity index (χ4n) is 2.21. The van der Waals surface area contributed by atoms with E-state index in [0.717, 1.165) is 17.7 Å². The molecular formula is C17H22N2O2S. The van der Waals surface area contributed by atoms with Gasteiger partial charge in [-0.05, 0) is 36.7 Å². The van der Waals surface area contributed by atoms with Crippen LogP contribution in [0.15, 0.2) is 59.5 Å². The van der Waals surface area contributed by atoms with E-state index in [1.165, 1.54) is 0 Å². The first-order chi connectivity index (χ1) is 10.5. The average Bonchev–Trinajstić information content (AvgIpc) is 2.54. The van der Waals surface area contributed by atoms with Crippen molar-refractivity contribution in [2.45, 2.75) is 24.8 Å². The molecule has 2 N–H and O–H groups in total. The average molecular weight is 318 g/mol. The van der Waals surface area contributed by atoms with E-state index in [2.05, 4.69) is 10.0 Å². The second kappa shape index (κ2) is 7.54. The first-order valence-electron chi connectivity index (χ1n) is 7.41. The fraction of sp³-hybridized carbons (Fsp3) is 0.294. The largest absolute Gasteiger partial charge is 0.313 e. The standard InChI is InChI=1S/C17H22N2O2S/c1-3-18-14(2)13-19-22(20,21)17-11-7-10-16(12-17)15-8-5-4-6-9-15/h4-12,14,18-19H,3,13H2,1-2H3/t14-/m1/s1. The molecule has 118 valence electrons. The molecule has 4 nitrogen and oxygen atoms in total. The number of rotatable bonds is 7. The Morgan fingerprint density at radius 3 is 2.36 bits per heavy atom. The van der Waals surface area contributed by atoms with Crippen LogP contribution in [0.4, 0.5) is 0 Å². The van der Waals surface area contributed by atoms with Gasteiger partial charge in [-0.25, -0.2) is 13.1 Å². The highest BCUT2D eigenvalue weighted by Crippen LogP contribution is 2.22. The summed E-state index contributed by atoms with van der Waals surface area (Å²) in [6.45, 7) is 5.12. The summed E-state index contributed by atoms with van der Waals surface area (Å²) >= 11 is 0. The van der Waals surface area contributed by atoms with Crippen LogP contribution in [0.2, 0.25) is 0 Å². The Kier molecular flexibility index (Phi) is 5.71. The maximum absolute atomic E-state index is 12.4. The molecule has 0 aromatic heterocycles. The number of sulfonamides is 1. The summed E-state index contributed by atoms with van der Waals surface area (Å²) in [5.41, 5.74) is 1.89. The summed E-state index contributed by atoms with van der Waals surface area (Å²) in [6, 6.07) is 16.8. The molecule has 0 heterocycles. The van der Waals surface area contributed by atoms with E-state index in [9.17, 15) is 8.42 Å². The number of hydrogen-bond donors (Lipinski definition) is 2. The van der Waals surface area contributed by atoms with Gasteiger partial charge in [-0.2, -0.15) is 0 Å². The van der Waals surface area contributed by atoms with Gasteiger partial charge in [-0.1, -0.05) is 49.4 Å². The van der Waals surface area contributed by atoms with Crippen molar-refractivity contribution in [1.29, 1.82) is 0 Å². The van der Waals surface area contributed by atoms with E-state index < -0.39 is 10.0 Å². The lowest BCUT2D eigenvalue weighted by atomic mass is 10.1. The van der Waals surface area contributed by atoms with Crippen LogP contribution in [0.25, 0.3) is 11.1 Å². The minimum absolute atomic E-state index is 0.0945. The molecule has 0 fully saturated rings. The van der Waals surface area contributed by atoms with Gasteiger partial charge in [0.05, 0.1) is 4.90 Å². The normalized spacial score (nSPS) is 13.0. The molecule has 1 atom stereocenters. The zero-order chi connectivity index (χ0) is 16.0. The monoisotopic (exact) mass is 318 g/mol. The van der Waals surface area contributed by atoms with Gasteiger partial charge in [0.2, 0.25) is 10.0 Å². The third-order valence-corrected chi connectivity index (χ3v) is 4.80. The fourth-order valence-corrected chi connectivity index (χ4v) is 3.39. The highest BCUT2D eigenvalue weighted by atomic mass is 32.2. The van der Waals surface area contributed by atoms with Crippen LogP contribution < -0.4 is 10.0 Å². The molecule has 2 aromatic carbocycles. The van der Waals surface area contributed by atoms with E-state index >= 15 is 0 Å². The summed E-state index contributed by atoms with van der Waals surface area (Å²) in [5, 5.41) is 3.18. The van der Waals surface area contributed by atoms with Crippen LogP contribution in [0.3, 0.4) is 0 Å². The molecule has 2 rings (SSSR count). The Labute approximate surface area is 132 Å². The van der Waals surface area contributed by atoms with Crippen molar-refractivity contribution in [2.24, 2.45) is 0 Å². The summed E-state index contributed by atoms with van der Waals surface area (Å²) in [7, 11) is -3.49. The van der Waals surface area contributed by atoms with Crippen LogP contribution in [0.1, 0.15) is 13.8 Å². The number of likely N-dealkylation sites (N-methyl/N-ethyl adjacent to an activating group) is 1. The quantitative estimate of drug-likeness (QED) is 0.825. The van der Waals surface area contributed by atoms with Crippen molar-refractivity contribution in [3.8, 4) is 11.1 Å². The lowest BCUT2D eigenvalue weighted by Crippen LogP contribution is -2.38. The minimum atomic E-state index is -3.49. The van der Waals surface area contributed by atoms with E-state index in [-0.39, 0.29) is 10.9 Å². The predicted molar refractivity (Wildman–Crippen MR) is 90.2 cm³/mol. The number of hydrogen-bond acceptors (Lipinski definition) is 3. The van der Waals surface area contributed by atoms with Crippen molar-refractivity contribution in [1.82, 2.24) is 10.0 Å². The molecule has 0 saturated carbocycles. The molecule has 0 aliphatic carbocycles. The predicted octanol–water partition coefficient (Wildman–Crippen LogP) is 2.63. The second-order valence-corrected chi connectivity index (χ2v) is 6.97. The SMILES string of the molecule is CCN[C@H](C)CNS(=O)(=O)c1cccc(-c2ccccc2)c1. The minimum Gasteiger partial charge on any atom is -0.313 e. The number of benzene rings is 2. The van der Waals surface area contributed by atoms with Gasteiger partial charge in [0.1, 0.15) is 0 Å². The molecule has 0 saturated heterocycles. The number of nitrogens with one attached hydrogen (secondary N) is 2.